The summed E-state index contributed by atoms with van der Waals surface area (Å²) in [6, 6.07) is 8.26. The van der Waals surface area contributed by atoms with Gasteiger partial charge in [-0.15, -0.1) is 0 Å². The van der Waals surface area contributed by atoms with Crippen LogP contribution in [0.15, 0.2) is 24.3 Å². The van der Waals surface area contributed by atoms with Crippen LogP contribution in [-0.2, 0) is 0 Å². The molecule has 0 bridgehead atoms. The van der Waals surface area contributed by atoms with Gasteiger partial charge in [0.15, 0.2) is 0 Å². The molecule has 0 aliphatic carbocycles. The van der Waals surface area contributed by atoms with Gasteiger partial charge >= 0.3 is 0 Å². The second kappa shape index (κ2) is 3.99. The number of aromatic nitrogens is 2. The zero-order valence-corrected chi connectivity index (χ0v) is 10.3. The van der Waals surface area contributed by atoms with E-state index in [1.807, 2.05) is 13.0 Å². The van der Waals surface area contributed by atoms with Crippen molar-refractivity contribution in [2.45, 2.75) is 20.3 Å². The third kappa shape index (κ3) is 1.75. The monoisotopic (exact) mass is 227 g/mol. The normalized spacial score (nSPS) is 16.2. The lowest BCUT2D eigenvalue weighted by Gasteiger charge is -2.40. The number of fused-ring (bicyclic) bond motifs is 1. The topological polar surface area (TPSA) is 29.0 Å². The first kappa shape index (κ1) is 10.5. The predicted octanol–water partition coefficient (Wildman–Crippen LogP) is 2.78. The highest BCUT2D eigenvalue weighted by Gasteiger charge is 2.27. The molecule has 0 amide bonds. The molecule has 3 heteroatoms. The second-order valence-corrected chi connectivity index (χ2v) is 4.79. The van der Waals surface area contributed by atoms with Crippen LogP contribution in [0, 0.1) is 12.8 Å². The largest absolute Gasteiger partial charge is 0.355 e. The molecule has 0 atom stereocenters. The molecule has 1 aromatic heterocycles. The molecular weight excluding hydrogens is 210 g/mol. The number of anilines is 1. The summed E-state index contributed by atoms with van der Waals surface area (Å²) in [7, 11) is 0. The maximum absolute atomic E-state index is 4.61. The standard InChI is InChI=1S/C14H17N3/c1-3-11-8-17(9-11)14-12-6-4-5-7-13(12)15-10(2)16-14/h4-7,11H,3,8-9H2,1-2H3. The molecule has 0 spiro atoms. The smallest absolute Gasteiger partial charge is 0.140 e. The summed E-state index contributed by atoms with van der Waals surface area (Å²) in [5, 5.41) is 1.17. The van der Waals surface area contributed by atoms with E-state index in [0.717, 1.165) is 36.2 Å². The van der Waals surface area contributed by atoms with Crippen molar-refractivity contribution >= 4 is 16.7 Å². The molecule has 1 aliphatic rings. The molecule has 1 saturated heterocycles. The van der Waals surface area contributed by atoms with E-state index in [-0.39, 0.29) is 0 Å². The Hall–Kier alpha value is -1.64. The summed E-state index contributed by atoms with van der Waals surface area (Å²) >= 11 is 0. The number of hydrogen-bond donors (Lipinski definition) is 0. The van der Waals surface area contributed by atoms with Crippen molar-refractivity contribution in [3.05, 3.63) is 30.1 Å². The first-order valence-corrected chi connectivity index (χ1v) is 6.26. The first-order chi connectivity index (χ1) is 8.28. The van der Waals surface area contributed by atoms with E-state index in [2.05, 4.69) is 40.0 Å². The third-order valence-corrected chi connectivity index (χ3v) is 3.53. The number of benzene rings is 1. The van der Waals surface area contributed by atoms with Gasteiger partial charge in [0.1, 0.15) is 11.6 Å². The Bertz CT molecular complexity index is 544. The SMILES string of the molecule is CCC1CN(c2nc(C)nc3ccccc23)C1. The van der Waals surface area contributed by atoms with Crippen molar-refractivity contribution < 1.29 is 0 Å². The Morgan fingerprint density at radius 1 is 1.24 bits per heavy atom. The van der Waals surface area contributed by atoms with Crippen LogP contribution in [0.25, 0.3) is 10.9 Å². The predicted molar refractivity (Wildman–Crippen MR) is 70.3 cm³/mol. The Morgan fingerprint density at radius 2 is 2.00 bits per heavy atom. The lowest BCUT2D eigenvalue weighted by atomic mass is 9.97. The van der Waals surface area contributed by atoms with Gasteiger partial charge in [-0.2, -0.15) is 0 Å². The summed E-state index contributed by atoms with van der Waals surface area (Å²) in [5.74, 6) is 2.81. The Kier molecular flexibility index (Phi) is 2.46. The molecule has 17 heavy (non-hydrogen) atoms. The molecule has 1 aliphatic heterocycles. The molecule has 3 rings (SSSR count). The molecule has 0 radical (unpaired) electrons. The van der Waals surface area contributed by atoms with Gasteiger partial charge in [-0.1, -0.05) is 19.1 Å². The first-order valence-electron chi connectivity index (χ1n) is 6.26. The Balaban J connectivity index is 2.04. The van der Waals surface area contributed by atoms with Crippen molar-refractivity contribution in [1.82, 2.24) is 9.97 Å². The highest BCUT2D eigenvalue weighted by Crippen LogP contribution is 2.30. The van der Waals surface area contributed by atoms with Crippen LogP contribution >= 0.6 is 0 Å². The molecular formula is C14H17N3. The van der Waals surface area contributed by atoms with Crippen molar-refractivity contribution in [3.8, 4) is 0 Å². The molecule has 1 aromatic carbocycles. The zero-order chi connectivity index (χ0) is 11.8. The van der Waals surface area contributed by atoms with Crippen LogP contribution in [-0.4, -0.2) is 23.1 Å². The second-order valence-electron chi connectivity index (χ2n) is 4.79. The molecule has 0 N–H and O–H groups in total. The van der Waals surface area contributed by atoms with Crippen molar-refractivity contribution in [1.29, 1.82) is 0 Å². The maximum Gasteiger partial charge on any atom is 0.140 e. The van der Waals surface area contributed by atoms with Gasteiger partial charge in [0, 0.05) is 18.5 Å². The van der Waals surface area contributed by atoms with Gasteiger partial charge in [0.25, 0.3) is 0 Å². The fraction of sp³-hybridized carbons (Fsp3) is 0.429. The molecule has 2 aromatic rings. The zero-order valence-electron chi connectivity index (χ0n) is 10.3. The number of para-hydroxylation sites is 1. The maximum atomic E-state index is 4.61. The number of hydrogen-bond acceptors (Lipinski definition) is 3. The minimum Gasteiger partial charge on any atom is -0.355 e. The van der Waals surface area contributed by atoms with E-state index >= 15 is 0 Å². The van der Waals surface area contributed by atoms with Crippen LogP contribution in [0.5, 0.6) is 0 Å². The quantitative estimate of drug-likeness (QED) is 0.790. The van der Waals surface area contributed by atoms with Gasteiger partial charge in [-0.25, -0.2) is 9.97 Å². The van der Waals surface area contributed by atoms with E-state index < -0.39 is 0 Å². The molecule has 0 unspecified atom stereocenters. The summed E-state index contributed by atoms with van der Waals surface area (Å²) in [6.45, 7) is 6.49. The number of rotatable bonds is 2. The molecule has 0 saturated carbocycles. The van der Waals surface area contributed by atoms with Crippen molar-refractivity contribution in [3.63, 3.8) is 0 Å². The van der Waals surface area contributed by atoms with Gasteiger partial charge in [0.2, 0.25) is 0 Å². The Morgan fingerprint density at radius 3 is 2.76 bits per heavy atom. The summed E-state index contributed by atoms with van der Waals surface area (Å²) in [5.41, 5.74) is 1.05. The molecule has 2 heterocycles. The number of aryl methyl sites for hydroxylation is 1. The van der Waals surface area contributed by atoms with Crippen LogP contribution in [0.3, 0.4) is 0 Å². The highest BCUT2D eigenvalue weighted by molar-refractivity contribution is 5.89. The lowest BCUT2D eigenvalue weighted by Crippen LogP contribution is -2.47. The third-order valence-electron chi connectivity index (χ3n) is 3.53. The lowest BCUT2D eigenvalue weighted by molar-refractivity contribution is 0.396. The van der Waals surface area contributed by atoms with Crippen LogP contribution in [0.2, 0.25) is 0 Å². The van der Waals surface area contributed by atoms with Crippen molar-refractivity contribution in [2.75, 3.05) is 18.0 Å². The number of nitrogens with zero attached hydrogens (tertiary/aromatic N) is 3. The van der Waals surface area contributed by atoms with E-state index in [0.29, 0.717) is 0 Å². The highest BCUT2D eigenvalue weighted by atomic mass is 15.2. The summed E-state index contributed by atoms with van der Waals surface area (Å²) < 4.78 is 0. The van der Waals surface area contributed by atoms with E-state index in [1.54, 1.807) is 0 Å². The molecule has 1 fully saturated rings. The van der Waals surface area contributed by atoms with Gasteiger partial charge in [-0.05, 0) is 31.4 Å². The average Bonchev–Trinajstić information content (AvgIpc) is 2.27. The fourth-order valence-electron chi connectivity index (χ4n) is 2.42. The van der Waals surface area contributed by atoms with Crippen LogP contribution in [0.4, 0.5) is 5.82 Å². The van der Waals surface area contributed by atoms with Crippen molar-refractivity contribution in [2.24, 2.45) is 5.92 Å². The Labute approximate surface area is 101 Å². The fourth-order valence-corrected chi connectivity index (χ4v) is 2.42. The van der Waals surface area contributed by atoms with Crippen LogP contribution in [0.1, 0.15) is 19.2 Å². The summed E-state index contributed by atoms with van der Waals surface area (Å²) in [6.07, 6.45) is 1.26. The average molecular weight is 227 g/mol. The van der Waals surface area contributed by atoms with Gasteiger partial charge in [-0.3, -0.25) is 0 Å². The summed E-state index contributed by atoms with van der Waals surface area (Å²) in [4.78, 5) is 11.5. The van der Waals surface area contributed by atoms with E-state index in [1.165, 1.54) is 11.8 Å². The van der Waals surface area contributed by atoms with Crippen LogP contribution < -0.4 is 4.90 Å². The molecule has 88 valence electrons. The minimum atomic E-state index is 0.837. The van der Waals surface area contributed by atoms with E-state index in [4.69, 9.17) is 0 Å². The molecule has 3 nitrogen and oxygen atoms in total. The van der Waals surface area contributed by atoms with E-state index in [9.17, 15) is 0 Å². The van der Waals surface area contributed by atoms with Gasteiger partial charge in [0.05, 0.1) is 5.52 Å². The van der Waals surface area contributed by atoms with Gasteiger partial charge < -0.3 is 4.90 Å². The minimum absolute atomic E-state index is 0.837.